The maximum atomic E-state index is 10.3. The SMILES string of the molecule is C=C.CCCCOC(C)(C)CCC(=O)O.NCCO. The van der Waals surface area contributed by atoms with Crippen LogP contribution in [-0.4, -0.2) is 41.5 Å². The van der Waals surface area contributed by atoms with Gasteiger partial charge in [-0.25, -0.2) is 0 Å². The molecule has 0 heterocycles. The summed E-state index contributed by atoms with van der Waals surface area (Å²) >= 11 is 0. The first-order chi connectivity index (χ1) is 8.89. The minimum Gasteiger partial charge on any atom is -0.481 e. The van der Waals surface area contributed by atoms with E-state index in [4.69, 9.17) is 20.7 Å². The molecule has 0 aliphatic carbocycles. The molecule has 19 heavy (non-hydrogen) atoms. The third-order valence-corrected chi connectivity index (χ3v) is 2.06. The Morgan fingerprint density at radius 1 is 1.37 bits per heavy atom. The predicted octanol–water partition coefficient (Wildman–Crippen LogP) is 2.19. The van der Waals surface area contributed by atoms with Gasteiger partial charge in [-0.15, -0.1) is 13.2 Å². The Bertz CT molecular complexity index is 194. The van der Waals surface area contributed by atoms with Crippen molar-refractivity contribution in [2.45, 2.75) is 52.1 Å². The second-order valence-corrected chi connectivity index (χ2v) is 4.37. The van der Waals surface area contributed by atoms with Crippen LogP contribution in [0.4, 0.5) is 0 Å². The predicted molar refractivity (Wildman–Crippen MR) is 79.2 cm³/mol. The van der Waals surface area contributed by atoms with Gasteiger partial charge in [-0.1, -0.05) is 13.3 Å². The Labute approximate surface area is 117 Å². The maximum absolute atomic E-state index is 10.3. The Morgan fingerprint density at radius 2 is 1.84 bits per heavy atom. The molecule has 0 aliphatic rings. The topological polar surface area (TPSA) is 92.8 Å². The molecule has 0 rings (SSSR count). The summed E-state index contributed by atoms with van der Waals surface area (Å²) in [5.41, 5.74) is 4.48. The zero-order valence-corrected chi connectivity index (χ0v) is 12.7. The largest absolute Gasteiger partial charge is 0.481 e. The first kappa shape index (κ1) is 23.2. The van der Waals surface area contributed by atoms with Crippen molar-refractivity contribution in [1.29, 1.82) is 0 Å². The van der Waals surface area contributed by atoms with Gasteiger partial charge in [0.2, 0.25) is 0 Å². The van der Waals surface area contributed by atoms with E-state index in [1.54, 1.807) is 0 Å². The van der Waals surface area contributed by atoms with Crippen LogP contribution >= 0.6 is 0 Å². The minimum atomic E-state index is -0.757. The van der Waals surface area contributed by atoms with Crippen LogP contribution in [0.5, 0.6) is 0 Å². The molecule has 0 spiro atoms. The van der Waals surface area contributed by atoms with Gasteiger partial charge in [-0.3, -0.25) is 4.79 Å². The van der Waals surface area contributed by atoms with E-state index in [9.17, 15) is 4.79 Å². The summed E-state index contributed by atoms with van der Waals surface area (Å²) in [6.07, 6.45) is 2.90. The van der Waals surface area contributed by atoms with Crippen molar-refractivity contribution >= 4 is 5.97 Å². The molecular formula is C14H31NO4. The van der Waals surface area contributed by atoms with Crippen LogP contribution in [0.15, 0.2) is 13.2 Å². The van der Waals surface area contributed by atoms with Crippen molar-refractivity contribution in [1.82, 2.24) is 0 Å². The third-order valence-electron chi connectivity index (χ3n) is 2.06. The van der Waals surface area contributed by atoms with Crippen LogP contribution in [0.1, 0.15) is 46.5 Å². The van der Waals surface area contributed by atoms with Crippen LogP contribution in [-0.2, 0) is 9.53 Å². The van der Waals surface area contributed by atoms with Gasteiger partial charge in [-0.2, -0.15) is 0 Å². The van der Waals surface area contributed by atoms with E-state index in [1.807, 2.05) is 13.8 Å². The highest BCUT2D eigenvalue weighted by atomic mass is 16.5. The molecule has 5 heteroatoms. The number of unbranched alkanes of at least 4 members (excludes halogenated alkanes) is 1. The van der Waals surface area contributed by atoms with Crippen molar-refractivity contribution in [3.63, 3.8) is 0 Å². The summed E-state index contributed by atoms with van der Waals surface area (Å²) in [6, 6.07) is 0. The molecule has 0 saturated heterocycles. The molecule has 0 radical (unpaired) electrons. The number of carbonyl (C=O) groups is 1. The lowest BCUT2D eigenvalue weighted by Crippen LogP contribution is -2.25. The number of nitrogens with two attached hydrogens (primary N) is 1. The molecule has 0 bridgehead atoms. The fraction of sp³-hybridized carbons (Fsp3) is 0.786. The van der Waals surface area contributed by atoms with Gasteiger partial charge in [-0.05, 0) is 26.7 Å². The van der Waals surface area contributed by atoms with Crippen molar-refractivity contribution in [2.24, 2.45) is 5.73 Å². The van der Waals surface area contributed by atoms with E-state index in [0.717, 1.165) is 19.4 Å². The second-order valence-electron chi connectivity index (χ2n) is 4.37. The summed E-state index contributed by atoms with van der Waals surface area (Å²) in [5.74, 6) is -0.757. The lowest BCUT2D eigenvalue weighted by molar-refractivity contribution is -0.138. The molecule has 0 aromatic rings. The van der Waals surface area contributed by atoms with Crippen molar-refractivity contribution < 1.29 is 19.7 Å². The molecule has 0 amide bonds. The van der Waals surface area contributed by atoms with Crippen LogP contribution < -0.4 is 5.73 Å². The number of hydrogen-bond acceptors (Lipinski definition) is 4. The van der Waals surface area contributed by atoms with Crippen LogP contribution in [0.25, 0.3) is 0 Å². The molecule has 0 aromatic heterocycles. The molecule has 0 aliphatic heterocycles. The number of ether oxygens (including phenoxy) is 1. The molecule has 0 aromatic carbocycles. The monoisotopic (exact) mass is 277 g/mol. The van der Waals surface area contributed by atoms with E-state index >= 15 is 0 Å². The Morgan fingerprint density at radius 3 is 2.16 bits per heavy atom. The quantitative estimate of drug-likeness (QED) is 0.467. The van der Waals surface area contributed by atoms with Crippen LogP contribution in [0.2, 0.25) is 0 Å². The number of rotatable bonds is 8. The van der Waals surface area contributed by atoms with E-state index in [2.05, 4.69) is 20.1 Å². The number of hydrogen-bond donors (Lipinski definition) is 3. The van der Waals surface area contributed by atoms with Crippen LogP contribution in [0, 0.1) is 0 Å². The normalized spacial score (nSPS) is 9.74. The summed E-state index contributed by atoms with van der Waals surface area (Å²) in [5, 5.41) is 16.2. The fourth-order valence-corrected chi connectivity index (χ4v) is 0.973. The fourth-order valence-electron chi connectivity index (χ4n) is 0.973. The Balaban J connectivity index is -0.000000361. The highest BCUT2D eigenvalue weighted by Gasteiger charge is 2.18. The van der Waals surface area contributed by atoms with E-state index in [0.29, 0.717) is 13.0 Å². The molecule has 5 nitrogen and oxygen atoms in total. The van der Waals surface area contributed by atoms with Gasteiger partial charge in [0.15, 0.2) is 0 Å². The van der Waals surface area contributed by atoms with Crippen molar-refractivity contribution in [3.8, 4) is 0 Å². The highest BCUT2D eigenvalue weighted by Crippen LogP contribution is 2.17. The van der Waals surface area contributed by atoms with Gasteiger partial charge in [0.05, 0.1) is 12.2 Å². The Hall–Kier alpha value is -0.910. The number of carboxylic acid groups (broad SMARTS) is 1. The summed E-state index contributed by atoms with van der Waals surface area (Å²) < 4.78 is 5.56. The number of carboxylic acids is 1. The Kier molecular flexibility index (Phi) is 20.9. The molecule has 0 saturated carbocycles. The zero-order chi connectivity index (χ0) is 15.7. The van der Waals surface area contributed by atoms with E-state index in [1.165, 1.54) is 0 Å². The van der Waals surface area contributed by atoms with Gasteiger partial charge in [0.25, 0.3) is 0 Å². The number of aliphatic carboxylic acids is 1. The number of aliphatic hydroxyl groups is 1. The summed E-state index contributed by atoms with van der Waals surface area (Å²) in [6.45, 7) is 13.2. The average molecular weight is 277 g/mol. The lowest BCUT2D eigenvalue weighted by atomic mass is 10.0. The average Bonchev–Trinajstić information content (AvgIpc) is 2.39. The first-order valence-corrected chi connectivity index (χ1v) is 6.56. The molecular weight excluding hydrogens is 246 g/mol. The molecule has 0 atom stereocenters. The maximum Gasteiger partial charge on any atom is 0.303 e. The highest BCUT2D eigenvalue weighted by molar-refractivity contribution is 5.66. The molecule has 0 fully saturated rings. The van der Waals surface area contributed by atoms with Gasteiger partial charge in [0.1, 0.15) is 0 Å². The minimum absolute atomic E-state index is 0.0972. The smallest absolute Gasteiger partial charge is 0.303 e. The van der Waals surface area contributed by atoms with Crippen LogP contribution in [0.3, 0.4) is 0 Å². The zero-order valence-electron chi connectivity index (χ0n) is 12.7. The van der Waals surface area contributed by atoms with Gasteiger partial charge < -0.3 is 20.7 Å². The van der Waals surface area contributed by atoms with E-state index in [-0.39, 0.29) is 18.6 Å². The lowest BCUT2D eigenvalue weighted by Gasteiger charge is -2.24. The first-order valence-electron chi connectivity index (χ1n) is 6.56. The van der Waals surface area contributed by atoms with Gasteiger partial charge in [0, 0.05) is 19.6 Å². The third kappa shape index (κ3) is 26.6. The number of aliphatic hydroxyl groups excluding tert-OH is 1. The molecule has 116 valence electrons. The summed E-state index contributed by atoms with van der Waals surface area (Å²) in [7, 11) is 0. The van der Waals surface area contributed by atoms with E-state index < -0.39 is 5.97 Å². The van der Waals surface area contributed by atoms with Crippen molar-refractivity contribution in [2.75, 3.05) is 19.8 Å². The molecule has 0 unspecified atom stereocenters. The second kappa shape index (κ2) is 17.1. The summed E-state index contributed by atoms with van der Waals surface area (Å²) in [4.78, 5) is 10.3. The molecule has 4 N–H and O–H groups in total. The van der Waals surface area contributed by atoms with Crippen molar-refractivity contribution in [3.05, 3.63) is 13.2 Å². The van der Waals surface area contributed by atoms with Gasteiger partial charge >= 0.3 is 5.97 Å². The standard InChI is InChI=1S/C10H20O3.C2H7NO.C2H4/c1-4-5-8-13-10(2,3)7-6-9(11)12;3-1-2-4;1-2/h4-8H2,1-3H3,(H,11,12);4H,1-3H2;1-2H2.